The number of ether oxygens (including phenoxy) is 1. The molecular formula is C13H17FN2O5. The van der Waals surface area contributed by atoms with Crippen molar-refractivity contribution in [3.8, 4) is 5.75 Å². The predicted octanol–water partition coefficient (Wildman–Crippen LogP) is 1.18. The highest BCUT2D eigenvalue weighted by atomic mass is 19.1. The summed E-state index contributed by atoms with van der Waals surface area (Å²) in [4.78, 5) is 21.8. The third kappa shape index (κ3) is 5.65. The first-order valence-electron chi connectivity index (χ1n) is 6.32. The number of carboxylic acids is 1. The summed E-state index contributed by atoms with van der Waals surface area (Å²) >= 11 is 0. The molecule has 21 heavy (non-hydrogen) atoms. The lowest BCUT2D eigenvalue weighted by Crippen LogP contribution is -2.33. The van der Waals surface area contributed by atoms with Gasteiger partial charge in [-0.1, -0.05) is 0 Å². The van der Waals surface area contributed by atoms with Gasteiger partial charge in [0.25, 0.3) is 0 Å². The monoisotopic (exact) mass is 300 g/mol. The topological polar surface area (TPSA) is 108 Å². The molecule has 4 N–H and O–H groups in total. The summed E-state index contributed by atoms with van der Waals surface area (Å²) in [6.07, 6.45) is -1.66. The Morgan fingerprint density at radius 2 is 2.14 bits per heavy atom. The van der Waals surface area contributed by atoms with E-state index in [4.69, 9.17) is 14.9 Å². The van der Waals surface area contributed by atoms with E-state index in [0.29, 0.717) is 6.61 Å². The number of aliphatic hydroxyl groups is 1. The van der Waals surface area contributed by atoms with Crippen molar-refractivity contribution in [2.24, 2.45) is 0 Å². The van der Waals surface area contributed by atoms with Crippen molar-refractivity contribution < 1.29 is 28.9 Å². The lowest BCUT2D eigenvalue weighted by Gasteiger charge is -2.10. The van der Waals surface area contributed by atoms with Crippen LogP contribution in [0.2, 0.25) is 0 Å². The second-order valence-corrected chi connectivity index (χ2v) is 4.10. The highest BCUT2D eigenvalue weighted by molar-refractivity contribution is 5.89. The molecule has 1 rings (SSSR count). The molecule has 0 fully saturated rings. The highest BCUT2D eigenvalue weighted by Crippen LogP contribution is 2.20. The van der Waals surface area contributed by atoms with Gasteiger partial charge in [-0.2, -0.15) is 0 Å². The van der Waals surface area contributed by atoms with Crippen molar-refractivity contribution in [2.45, 2.75) is 19.4 Å². The van der Waals surface area contributed by atoms with Crippen molar-refractivity contribution in [3.05, 3.63) is 24.0 Å². The van der Waals surface area contributed by atoms with Gasteiger partial charge in [0, 0.05) is 24.7 Å². The average Bonchev–Trinajstić information content (AvgIpc) is 2.41. The number of aliphatic hydroxyl groups excluding tert-OH is 1. The Hall–Kier alpha value is -2.35. The number of benzene rings is 1. The zero-order chi connectivity index (χ0) is 15.8. The van der Waals surface area contributed by atoms with Gasteiger partial charge in [0.15, 0.2) is 17.7 Å². The second kappa shape index (κ2) is 8.05. The van der Waals surface area contributed by atoms with Crippen LogP contribution in [0.15, 0.2) is 18.2 Å². The molecule has 0 aliphatic carbocycles. The minimum atomic E-state index is -1.53. The highest BCUT2D eigenvalue weighted by Gasteiger charge is 2.13. The van der Waals surface area contributed by atoms with Gasteiger partial charge in [-0.3, -0.25) is 0 Å². The van der Waals surface area contributed by atoms with Crippen molar-refractivity contribution in [3.63, 3.8) is 0 Å². The maximum absolute atomic E-state index is 13.5. The first kappa shape index (κ1) is 16.7. The smallest absolute Gasteiger partial charge is 0.332 e. The molecule has 8 heteroatoms. The van der Waals surface area contributed by atoms with E-state index >= 15 is 0 Å². The predicted molar refractivity (Wildman–Crippen MR) is 72.9 cm³/mol. The van der Waals surface area contributed by atoms with E-state index in [9.17, 15) is 14.0 Å². The number of anilines is 1. The van der Waals surface area contributed by atoms with Crippen LogP contribution < -0.4 is 15.4 Å². The lowest BCUT2D eigenvalue weighted by molar-refractivity contribution is -0.146. The number of hydrogen-bond donors (Lipinski definition) is 4. The number of carbonyl (C=O) groups is 2. The Morgan fingerprint density at radius 3 is 2.71 bits per heavy atom. The van der Waals surface area contributed by atoms with Crippen molar-refractivity contribution in [1.29, 1.82) is 0 Å². The Kier molecular flexibility index (Phi) is 6.41. The molecule has 0 heterocycles. The van der Waals surface area contributed by atoms with Gasteiger partial charge >= 0.3 is 12.0 Å². The molecule has 0 aliphatic heterocycles. The van der Waals surface area contributed by atoms with E-state index in [1.54, 1.807) is 6.92 Å². The normalized spacial score (nSPS) is 11.6. The van der Waals surface area contributed by atoms with Crippen LogP contribution in [0, 0.1) is 5.82 Å². The number of halogens is 1. The largest absolute Gasteiger partial charge is 0.491 e. The first-order chi connectivity index (χ1) is 9.93. The number of carboxylic acid groups (broad SMARTS) is 1. The van der Waals surface area contributed by atoms with Crippen LogP contribution in [0.4, 0.5) is 14.9 Å². The number of urea groups is 1. The molecule has 1 aromatic carbocycles. The van der Waals surface area contributed by atoms with E-state index in [2.05, 4.69) is 10.6 Å². The van der Waals surface area contributed by atoms with Crippen LogP contribution in [0.5, 0.6) is 5.75 Å². The Morgan fingerprint density at radius 1 is 1.43 bits per heavy atom. The van der Waals surface area contributed by atoms with E-state index in [0.717, 1.165) is 6.07 Å². The number of amides is 2. The molecule has 2 amide bonds. The minimum absolute atomic E-state index is 0.0290. The molecule has 1 aromatic rings. The van der Waals surface area contributed by atoms with Gasteiger partial charge in [-0.15, -0.1) is 0 Å². The molecule has 0 spiro atoms. The van der Waals surface area contributed by atoms with Crippen LogP contribution in [0.3, 0.4) is 0 Å². The zero-order valence-corrected chi connectivity index (χ0v) is 11.4. The van der Waals surface area contributed by atoms with Gasteiger partial charge in [-0.05, 0) is 19.1 Å². The van der Waals surface area contributed by atoms with Crippen molar-refractivity contribution >= 4 is 17.7 Å². The number of nitrogens with one attached hydrogen (secondary N) is 2. The zero-order valence-electron chi connectivity index (χ0n) is 11.4. The number of rotatable bonds is 7. The van der Waals surface area contributed by atoms with Gasteiger partial charge in [-0.25, -0.2) is 14.0 Å². The fourth-order valence-corrected chi connectivity index (χ4v) is 1.47. The molecule has 7 nitrogen and oxygen atoms in total. The van der Waals surface area contributed by atoms with E-state index < -0.39 is 23.9 Å². The third-order valence-corrected chi connectivity index (χ3v) is 2.48. The van der Waals surface area contributed by atoms with Crippen LogP contribution in [0.1, 0.15) is 13.3 Å². The van der Waals surface area contributed by atoms with Gasteiger partial charge in [0.1, 0.15) is 0 Å². The SMILES string of the molecule is CCOc1ccc(NC(=O)NCC[C@H](O)C(=O)O)cc1F. The second-order valence-electron chi connectivity index (χ2n) is 4.10. The maximum atomic E-state index is 13.5. The Bertz CT molecular complexity index is 509. The number of carbonyl (C=O) groups excluding carboxylic acids is 1. The Labute approximate surface area is 120 Å². The summed E-state index contributed by atoms with van der Waals surface area (Å²) in [7, 11) is 0. The summed E-state index contributed by atoms with van der Waals surface area (Å²) in [6, 6.07) is 3.34. The van der Waals surface area contributed by atoms with Crippen molar-refractivity contribution in [1.82, 2.24) is 5.32 Å². The average molecular weight is 300 g/mol. The van der Waals surface area contributed by atoms with Crippen molar-refractivity contribution in [2.75, 3.05) is 18.5 Å². The van der Waals surface area contributed by atoms with Crippen LogP contribution >= 0.6 is 0 Å². The van der Waals surface area contributed by atoms with Gasteiger partial charge < -0.3 is 25.6 Å². The molecule has 0 unspecified atom stereocenters. The molecule has 116 valence electrons. The maximum Gasteiger partial charge on any atom is 0.332 e. The minimum Gasteiger partial charge on any atom is -0.491 e. The molecular weight excluding hydrogens is 283 g/mol. The quantitative estimate of drug-likeness (QED) is 0.605. The summed E-state index contributed by atoms with van der Waals surface area (Å²) < 4.78 is 18.6. The summed E-state index contributed by atoms with van der Waals surface area (Å²) in [6.45, 7) is 2.03. The molecule has 0 saturated carbocycles. The summed E-state index contributed by atoms with van der Waals surface area (Å²) in [5, 5.41) is 22.2. The fraction of sp³-hybridized carbons (Fsp3) is 0.385. The van der Waals surface area contributed by atoms with Crippen LogP contribution in [-0.4, -0.2) is 41.5 Å². The van der Waals surface area contributed by atoms with E-state index in [1.165, 1.54) is 12.1 Å². The van der Waals surface area contributed by atoms with Gasteiger partial charge in [0.05, 0.1) is 6.61 Å². The van der Waals surface area contributed by atoms with Gasteiger partial charge in [0.2, 0.25) is 0 Å². The fourth-order valence-electron chi connectivity index (χ4n) is 1.47. The molecule has 1 atom stereocenters. The molecule has 0 aromatic heterocycles. The Balaban J connectivity index is 2.44. The summed E-state index contributed by atoms with van der Waals surface area (Å²) in [5.74, 6) is -1.87. The summed E-state index contributed by atoms with van der Waals surface area (Å²) in [5.41, 5.74) is 0.229. The van der Waals surface area contributed by atoms with E-state index in [-0.39, 0.29) is 24.4 Å². The molecule has 0 bridgehead atoms. The molecule has 0 radical (unpaired) electrons. The van der Waals surface area contributed by atoms with E-state index in [1.807, 2.05) is 0 Å². The number of hydrogen-bond acceptors (Lipinski definition) is 4. The lowest BCUT2D eigenvalue weighted by atomic mass is 10.2. The first-order valence-corrected chi connectivity index (χ1v) is 6.32. The van der Waals surface area contributed by atoms with Crippen LogP contribution in [0.25, 0.3) is 0 Å². The molecule has 0 aliphatic rings. The standard InChI is InChI=1S/C13H17FN2O5/c1-2-21-11-4-3-8(7-9(11)14)16-13(20)15-6-5-10(17)12(18)19/h3-4,7,10,17H,2,5-6H2,1H3,(H,18,19)(H2,15,16,20)/t10-/m0/s1. The molecule has 0 saturated heterocycles. The van der Waals surface area contributed by atoms with Crippen LogP contribution in [-0.2, 0) is 4.79 Å². The number of aliphatic carboxylic acids is 1. The third-order valence-electron chi connectivity index (χ3n) is 2.48.